The van der Waals surface area contributed by atoms with Crippen LogP contribution in [0.5, 0.6) is 0 Å². The van der Waals surface area contributed by atoms with Gasteiger partial charge in [0.25, 0.3) is 0 Å². The summed E-state index contributed by atoms with van der Waals surface area (Å²) < 4.78 is 13.2. The van der Waals surface area contributed by atoms with Crippen LogP contribution in [0.25, 0.3) is 0 Å². The fraction of sp³-hybridized carbons (Fsp3) is 0.343. The minimum atomic E-state index is -0.0931. The van der Waals surface area contributed by atoms with Gasteiger partial charge < -0.3 is 9.47 Å². The Morgan fingerprint density at radius 2 is 1.00 bits per heavy atom. The highest BCUT2D eigenvalue weighted by atomic mass is 16.5. The second kappa shape index (κ2) is 13.3. The average molecular weight is 536 g/mol. The molecule has 40 heavy (non-hydrogen) atoms. The number of hydrogen-bond donors (Lipinski definition) is 0. The van der Waals surface area contributed by atoms with Crippen LogP contribution < -0.4 is 0 Å². The van der Waals surface area contributed by atoms with Crippen LogP contribution in [0.1, 0.15) is 59.7 Å². The van der Waals surface area contributed by atoms with Crippen molar-refractivity contribution in [3.8, 4) is 0 Å². The van der Waals surface area contributed by atoms with E-state index >= 15 is 0 Å². The van der Waals surface area contributed by atoms with Crippen molar-refractivity contribution in [1.29, 1.82) is 0 Å². The van der Waals surface area contributed by atoms with Gasteiger partial charge in [0, 0.05) is 25.2 Å². The van der Waals surface area contributed by atoms with Gasteiger partial charge in [0.1, 0.15) is 0 Å². The largest absolute Gasteiger partial charge is 0.366 e. The van der Waals surface area contributed by atoms with Crippen molar-refractivity contribution in [2.75, 3.05) is 14.1 Å². The summed E-state index contributed by atoms with van der Waals surface area (Å²) in [5, 5.41) is 0. The predicted molar refractivity (Wildman–Crippen MR) is 160 cm³/mol. The molecule has 0 saturated carbocycles. The van der Waals surface area contributed by atoms with Gasteiger partial charge in [-0.25, -0.2) is 0 Å². The van der Waals surface area contributed by atoms with Gasteiger partial charge >= 0.3 is 0 Å². The maximum atomic E-state index is 6.62. The number of aromatic nitrogens is 1. The van der Waals surface area contributed by atoms with Crippen molar-refractivity contribution in [2.24, 2.45) is 0 Å². The highest BCUT2D eigenvalue weighted by Gasteiger charge is 2.26. The van der Waals surface area contributed by atoms with Crippen molar-refractivity contribution < 1.29 is 9.47 Å². The summed E-state index contributed by atoms with van der Waals surface area (Å²) in [6.45, 7) is 7.03. The van der Waals surface area contributed by atoms with Crippen molar-refractivity contribution in [3.05, 3.63) is 137 Å². The maximum absolute atomic E-state index is 6.62. The fourth-order valence-corrected chi connectivity index (χ4v) is 5.51. The number of fused-ring (bicyclic) bond motifs is 4. The zero-order chi connectivity index (χ0) is 27.9. The average Bonchev–Trinajstić information content (AvgIpc) is 2.98. The van der Waals surface area contributed by atoms with E-state index in [1.807, 2.05) is 12.1 Å². The first kappa shape index (κ1) is 28.2. The van der Waals surface area contributed by atoms with Crippen molar-refractivity contribution >= 4 is 0 Å². The van der Waals surface area contributed by atoms with Crippen LogP contribution in [0, 0.1) is 0 Å². The topological polar surface area (TPSA) is 37.8 Å². The molecule has 0 saturated heterocycles. The Labute approximate surface area is 239 Å². The SMILES string of the molecule is C[C@H]1C(c2ccccc2)OCc2cccc(n2)CO[C@H](c2ccccc2)[C@H](C)N(C)Cc2cccc(c2)CN1C. The molecule has 2 heterocycles. The van der Waals surface area contributed by atoms with E-state index in [2.05, 4.69) is 129 Å². The van der Waals surface area contributed by atoms with Crippen molar-refractivity contribution in [2.45, 2.75) is 64.4 Å². The lowest BCUT2D eigenvalue weighted by Gasteiger charge is -2.33. The molecule has 5 rings (SSSR count). The molecular weight excluding hydrogens is 494 g/mol. The molecule has 0 spiro atoms. The zero-order valence-electron chi connectivity index (χ0n) is 24.1. The third-order valence-electron chi connectivity index (χ3n) is 8.06. The number of likely N-dealkylation sites (N-methyl/N-ethyl adjacent to an activating group) is 2. The van der Waals surface area contributed by atoms with Crippen LogP contribution in [0.3, 0.4) is 0 Å². The van der Waals surface area contributed by atoms with Gasteiger partial charge in [-0.2, -0.15) is 0 Å². The lowest BCUT2D eigenvalue weighted by atomic mass is 10.0. The molecule has 3 aromatic carbocycles. The third kappa shape index (κ3) is 7.04. The fourth-order valence-electron chi connectivity index (χ4n) is 5.51. The summed E-state index contributed by atoms with van der Waals surface area (Å²) in [5.74, 6) is 0. The molecule has 0 N–H and O–H groups in total. The predicted octanol–water partition coefficient (Wildman–Crippen LogP) is 6.95. The van der Waals surface area contributed by atoms with E-state index in [-0.39, 0.29) is 24.3 Å². The van der Waals surface area contributed by atoms with Gasteiger partial charge in [-0.05, 0) is 62.3 Å². The summed E-state index contributed by atoms with van der Waals surface area (Å²) >= 11 is 0. The quantitative estimate of drug-likeness (QED) is 0.278. The van der Waals surface area contributed by atoms with Gasteiger partial charge in [0.2, 0.25) is 0 Å². The molecular formula is C35H41N3O2. The lowest BCUT2D eigenvalue weighted by Crippen LogP contribution is -2.36. The van der Waals surface area contributed by atoms with E-state index in [4.69, 9.17) is 14.5 Å². The maximum Gasteiger partial charge on any atom is 0.0982 e. The Kier molecular flexibility index (Phi) is 9.40. The van der Waals surface area contributed by atoms with E-state index < -0.39 is 0 Å². The highest BCUT2D eigenvalue weighted by Crippen LogP contribution is 2.29. The van der Waals surface area contributed by atoms with E-state index in [1.54, 1.807) is 0 Å². The van der Waals surface area contributed by atoms with Crippen LogP contribution in [-0.2, 0) is 35.8 Å². The van der Waals surface area contributed by atoms with Gasteiger partial charge in [0.05, 0.1) is 36.8 Å². The number of ether oxygens (including phenoxy) is 2. The number of rotatable bonds is 2. The third-order valence-corrected chi connectivity index (χ3v) is 8.06. The van der Waals surface area contributed by atoms with Crippen LogP contribution in [0.15, 0.2) is 103 Å². The molecule has 5 nitrogen and oxygen atoms in total. The molecule has 1 aliphatic rings. The molecule has 4 aromatic rings. The lowest BCUT2D eigenvalue weighted by molar-refractivity contribution is -0.0206. The molecule has 4 atom stereocenters. The van der Waals surface area contributed by atoms with E-state index in [9.17, 15) is 0 Å². The first-order valence-electron chi connectivity index (χ1n) is 14.2. The van der Waals surface area contributed by atoms with Crippen LogP contribution in [0.2, 0.25) is 0 Å². The molecule has 0 fully saturated rings. The first-order chi connectivity index (χ1) is 19.5. The number of benzene rings is 3. The Morgan fingerprint density at radius 1 is 0.575 bits per heavy atom. The smallest absolute Gasteiger partial charge is 0.0982 e. The minimum Gasteiger partial charge on any atom is -0.366 e. The van der Waals surface area contributed by atoms with Gasteiger partial charge in [-0.15, -0.1) is 0 Å². The Bertz CT molecular complexity index is 1250. The van der Waals surface area contributed by atoms with Crippen molar-refractivity contribution in [3.63, 3.8) is 0 Å². The molecule has 4 bridgehead atoms. The molecule has 1 aromatic heterocycles. The van der Waals surface area contributed by atoms with Crippen LogP contribution >= 0.6 is 0 Å². The van der Waals surface area contributed by atoms with Gasteiger partial charge in [0.15, 0.2) is 0 Å². The standard InChI is InChI=1S/C35H41N3O2/c1-26-34(30-15-7-5-8-16-30)39-24-32-19-12-20-33(36-32)25-40-35(31-17-9-6-10-18-31)27(2)38(4)23-29-14-11-13-28(21-29)22-37(26)3/h5-21,26-27,34-35H,22-25H2,1-4H3/t26-,27-,34-,35?/m0/s1. The second-order valence-corrected chi connectivity index (χ2v) is 11.0. The van der Waals surface area contributed by atoms with Gasteiger partial charge in [-0.3, -0.25) is 14.8 Å². The summed E-state index contributed by atoms with van der Waals surface area (Å²) in [6, 6.07) is 36.4. The Hall–Kier alpha value is -3.35. The Balaban J connectivity index is 1.48. The minimum absolute atomic E-state index is 0.0931. The molecule has 0 radical (unpaired) electrons. The molecule has 5 heteroatoms. The highest BCUT2D eigenvalue weighted by molar-refractivity contribution is 5.25. The van der Waals surface area contributed by atoms with Crippen LogP contribution in [0.4, 0.5) is 0 Å². The number of hydrogen-bond acceptors (Lipinski definition) is 5. The van der Waals surface area contributed by atoms with Gasteiger partial charge in [-0.1, -0.05) is 91.0 Å². The monoisotopic (exact) mass is 535 g/mol. The van der Waals surface area contributed by atoms with E-state index in [0.717, 1.165) is 24.5 Å². The molecule has 208 valence electrons. The summed E-state index contributed by atoms with van der Waals surface area (Å²) in [6.07, 6.45) is -0.186. The molecule has 0 amide bonds. The Morgan fingerprint density at radius 3 is 1.45 bits per heavy atom. The van der Waals surface area contributed by atoms with Crippen molar-refractivity contribution in [1.82, 2.24) is 14.8 Å². The number of nitrogens with zero attached hydrogens (tertiary/aromatic N) is 3. The van der Waals surface area contributed by atoms with E-state index in [0.29, 0.717) is 13.2 Å². The zero-order valence-corrected chi connectivity index (χ0v) is 24.1. The van der Waals surface area contributed by atoms with E-state index in [1.165, 1.54) is 22.3 Å². The molecule has 1 aliphatic heterocycles. The summed E-state index contributed by atoms with van der Waals surface area (Å²) in [4.78, 5) is 9.69. The first-order valence-corrected chi connectivity index (χ1v) is 14.2. The summed E-state index contributed by atoms with van der Waals surface area (Å²) in [7, 11) is 4.37. The molecule has 1 unspecified atom stereocenters. The summed E-state index contributed by atoms with van der Waals surface area (Å²) in [5.41, 5.74) is 6.76. The normalized spacial score (nSPS) is 23.7. The second-order valence-electron chi connectivity index (χ2n) is 11.0. The van der Waals surface area contributed by atoms with Crippen LogP contribution in [-0.4, -0.2) is 41.0 Å². The molecule has 0 aliphatic carbocycles. The number of pyridine rings is 1.